The molecule has 6 heteroatoms. The number of carboxylic acid groups (broad SMARTS) is 1. The summed E-state index contributed by atoms with van der Waals surface area (Å²) in [4.78, 5) is 22.4. The number of rotatable bonds is 2. The van der Waals surface area contributed by atoms with Crippen LogP contribution in [0.4, 0.5) is 0 Å². The number of methoxy groups -OCH3 is 1. The Labute approximate surface area is 96.7 Å². The zero-order valence-electron chi connectivity index (χ0n) is 9.06. The summed E-state index contributed by atoms with van der Waals surface area (Å²) in [7, 11) is 1.24. The first kappa shape index (κ1) is 11.3. The van der Waals surface area contributed by atoms with E-state index in [0.717, 1.165) is 0 Å². The van der Waals surface area contributed by atoms with Gasteiger partial charge in [0.1, 0.15) is 24.3 Å². The van der Waals surface area contributed by atoms with Gasteiger partial charge >= 0.3 is 11.9 Å². The van der Waals surface area contributed by atoms with E-state index in [2.05, 4.69) is 4.74 Å². The van der Waals surface area contributed by atoms with Gasteiger partial charge in [0.25, 0.3) is 0 Å². The molecule has 0 aliphatic carbocycles. The fourth-order valence-electron chi connectivity index (χ4n) is 1.58. The largest absolute Gasteiger partial charge is 0.485 e. The maximum atomic E-state index is 11.5. The van der Waals surface area contributed by atoms with Crippen molar-refractivity contribution in [2.75, 3.05) is 20.3 Å². The smallest absolute Gasteiger partial charge is 0.341 e. The molecule has 0 saturated carbocycles. The highest BCUT2D eigenvalue weighted by atomic mass is 16.6. The lowest BCUT2D eigenvalue weighted by molar-refractivity contribution is 0.0585. The van der Waals surface area contributed by atoms with Crippen molar-refractivity contribution in [3.8, 4) is 11.5 Å². The summed E-state index contributed by atoms with van der Waals surface area (Å²) in [5.74, 6) is -1.53. The highest BCUT2D eigenvalue weighted by molar-refractivity contribution is 5.98. The first-order valence-corrected chi connectivity index (χ1v) is 4.89. The molecule has 1 aromatic carbocycles. The molecule has 1 aliphatic rings. The number of benzene rings is 1. The van der Waals surface area contributed by atoms with Crippen LogP contribution in [0.2, 0.25) is 0 Å². The van der Waals surface area contributed by atoms with Gasteiger partial charge in [-0.05, 0) is 12.1 Å². The number of hydrogen-bond acceptors (Lipinski definition) is 5. The molecule has 0 atom stereocenters. The van der Waals surface area contributed by atoms with Gasteiger partial charge in [-0.15, -0.1) is 0 Å². The van der Waals surface area contributed by atoms with Crippen molar-refractivity contribution < 1.29 is 28.9 Å². The van der Waals surface area contributed by atoms with Gasteiger partial charge in [-0.3, -0.25) is 0 Å². The Bertz CT molecular complexity index is 479. The van der Waals surface area contributed by atoms with E-state index < -0.39 is 11.9 Å². The Morgan fingerprint density at radius 3 is 2.24 bits per heavy atom. The lowest BCUT2D eigenvalue weighted by atomic mass is 10.1. The zero-order valence-corrected chi connectivity index (χ0v) is 9.06. The molecule has 17 heavy (non-hydrogen) atoms. The molecule has 1 aromatic rings. The van der Waals surface area contributed by atoms with Crippen LogP contribution in [0.25, 0.3) is 0 Å². The molecule has 0 saturated heterocycles. The van der Waals surface area contributed by atoms with Crippen LogP contribution in [0.3, 0.4) is 0 Å². The molecule has 0 radical (unpaired) electrons. The molecule has 0 amide bonds. The number of carboxylic acids is 1. The Morgan fingerprint density at radius 1 is 1.18 bits per heavy atom. The summed E-state index contributed by atoms with van der Waals surface area (Å²) < 4.78 is 15.1. The van der Waals surface area contributed by atoms with Gasteiger partial charge in [0.15, 0.2) is 11.5 Å². The molecule has 6 nitrogen and oxygen atoms in total. The normalized spacial score (nSPS) is 13.0. The summed E-state index contributed by atoms with van der Waals surface area (Å²) in [6.45, 7) is 0.512. The van der Waals surface area contributed by atoms with E-state index in [-0.39, 0.29) is 35.8 Å². The Balaban J connectivity index is 2.58. The van der Waals surface area contributed by atoms with Crippen LogP contribution in [0.1, 0.15) is 20.7 Å². The van der Waals surface area contributed by atoms with E-state index in [4.69, 9.17) is 14.6 Å². The predicted molar refractivity (Wildman–Crippen MR) is 55.7 cm³/mol. The summed E-state index contributed by atoms with van der Waals surface area (Å²) >= 11 is 0. The van der Waals surface area contributed by atoms with Crippen LogP contribution < -0.4 is 9.47 Å². The number of carbonyl (C=O) groups excluding carboxylic acids is 1. The lowest BCUT2D eigenvalue weighted by Gasteiger charge is -2.21. The first-order valence-electron chi connectivity index (χ1n) is 4.89. The molecule has 0 spiro atoms. The predicted octanol–water partition coefficient (Wildman–Crippen LogP) is 0.943. The van der Waals surface area contributed by atoms with Crippen molar-refractivity contribution in [2.45, 2.75) is 0 Å². The van der Waals surface area contributed by atoms with Gasteiger partial charge < -0.3 is 19.3 Å². The third-order valence-electron chi connectivity index (χ3n) is 2.32. The molecular weight excluding hydrogens is 228 g/mol. The van der Waals surface area contributed by atoms with Crippen molar-refractivity contribution in [3.05, 3.63) is 23.3 Å². The van der Waals surface area contributed by atoms with Crippen molar-refractivity contribution in [1.82, 2.24) is 0 Å². The van der Waals surface area contributed by atoms with Crippen molar-refractivity contribution in [3.63, 3.8) is 0 Å². The van der Waals surface area contributed by atoms with E-state index >= 15 is 0 Å². The van der Waals surface area contributed by atoms with Crippen molar-refractivity contribution in [2.24, 2.45) is 0 Å². The molecule has 1 aliphatic heterocycles. The van der Waals surface area contributed by atoms with Gasteiger partial charge in [0.2, 0.25) is 0 Å². The molecule has 0 unspecified atom stereocenters. The number of aromatic carboxylic acids is 1. The highest BCUT2D eigenvalue weighted by Crippen LogP contribution is 2.37. The average molecular weight is 238 g/mol. The minimum Gasteiger partial charge on any atom is -0.485 e. The monoisotopic (exact) mass is 238 g/mol. The van der Waals surface area contributed by atoms with Gasteiger partial charge in [0, 0.05) is 0 Å². The summed E-state index contributed by atoms with van der Waals surface area (Å²) in [5.41, 5.74) is 0.125. The van der Waals surface area contributed by atoms with Crippen LogP contribution >= 0.6 is 0 Å². The van der Waals surface area contributed by atoms with E-state index in [1.807, 2.05) is 0 Å². The van der Waals surface area contributed by atoms with E-state index in [9.17, 15) is 9.59 Å². The van der Waals surface area contributed by atoms with Gasteiger partial charge in [-0.25, -0.2) is 9.59 Å². The van der Waals surface area contributed by atoms with Gasteiger partial charge in [0.05, 0.1) is 7.11 Å². The molecule has 2 rings (SSSR count). The van der Waals surface area contributed by atoms with Gasteiger partial charge in [-0.2, -0.15) is 0 Å². The minimum absolute atomic E-state index is 0.0349. The third-order valence-corrected chi connectivity index (χ3v) is 2.32. The molecule has 1 N–H and O–H groups in total. The fourth-order valence-corrected chi connectivity index (χ4v) is 1.58. The number of fused-ring (bicyclic) bond motifs is 1. The average Bonchev–Trinajstić information content (AvgIpc) is 2.36. The highest BCUT2D eigenvalue weighted by Gasteiger charge is 2.26. The van der Waals surface area contributed by atoms with Crippen LogP contribution in [-0.4, -0.2) is 37.4 Å². The number of ether oxygens (including phenoxy) is 3. The molecular formula is C11H10O6. The summed E-state index contributed by atoms with van der Waals surface area (Å²) in [6, 6.07) is 2.64. The third kappa shape index (κ3) is 1.89. The second kappa shape index (κ2) is 4.32. The van der Waals surface area contributed by atoms with Crippen LogP contribution in [0.15, 0.2) is 12.1 Å². The van der Waals surface area contributed by atoms with E-state index in [1.54, 1.807) is 0 Å². The maximum absolute atomic E-state index is 11.5. The fraction of sp³-hybridized carbons (Fsp3) is 0.273. The molecule has 1 heterocycles. The Morgan fingerprint density at radius 2 is 1.71 bits per heavy atom. The van der Waals surface area contributed by atoms with E-state index in [1.165, 1.54) is 19.2 Å². The lowest BCUT2D eigenvalue weighted by Crippen LogP contribution is -2.20. The van der Waals surface area contributed by atoms with Gasteiger partial charge in [-0.1, -0.05) is 0 Å². The second-order valence-corrected chi connectivity index (χ2v) is 3.31. The Hall–Kier alpha value is -2.24. The molecule has 0 fully saturated rings. The quantitative estimate of drug-likeness (QED) is 0.772. The standard InChI is InChI=1S/C11H10O6/c1-15-11(14)7-3-2-6(10(12)13)8-9(7)17-5-4-16-8/h2-3H,4-5H2,1H3,(H,12,13). The van der Waals surface area contributed by atoms with Crippen molar-refractivity contribution in [1.29, 1.82) is 0 Å². The SMILES string of the molecule is COC(=O)c1ccc(C(=O)O)c2c1OCCO2. The maximum Gasteiger partial charge on any atom is 0.341 e. The summed E-state index contributed by atoms with van der Waals surface area (Å²) in [5, 5.41) is 8.98. The van der Waals surface area contributed by atoms with Crippen LogP contribution in [0, 0.1) is 0 Å². The summed E-state index contributed by atoms with van der Waals surface area (Å²) in [6.07, 6.45) is 0. The number of carbonyl (C=O) groups is 2. The van der Waals surface area contributed by atoms with E-state index in [0.29, 0.717) is 0 Å². The first-order chi connectivity index (χ1) is 8.15. The van der Waals surface area contributed by atoms with Crippen LogP contribution in [-0.2, 0) is 4.74 Å². The molecule has 90 valence electrons. The minimum atomic E-state index is -1.14. The van der Waals surface area contributed by atoms with Crippen LogP contribution in [0.5, 0.6) is 11.5 Å². The Kier molecular flexibility index (Phi) is 2.86. The van der Waals surface area contributed by atoms with Crippen molar-refractivity contribution >= 4 is 11.9 Å². The zero-order chi connectivity index (χ0) is 12.4. The topological polar surface area (TPSA) is 82.1 Å². The molecule has 0 aromatic heterocycles. The number of hydrogen-bond donors (Lipinski definition) is 1. The number of esters is 1. The molecule has 0 bridgehead atoms. The second-order valence-electron chi connectivity index (χ2n) is 3.31.